The second-order valence-corrected chi connectivity index (χ2v) is 8.00. The lowest BCUT2D eigenvalue weighted by Gasteiger charge is -2.27. The molecule has 3 aromatic rings. The Labute approximate surface area is 176 Å². The number of benzene rings is 1. The molecule has 2 aromatic heterocycles. The number of piperidine rings is 1. The molecule has 0 amide bonds. The number of aromatic amines is 1. The molecule has 158 valence electrons. The Balaban J connectivity index is 0.00000150. The molecule has 0 aliphatic carbocycles. The first-order valence-electron chi connectivity index (χ1n) is 8.78. The third kappa shape index (κ3) is 5.63. The van der Waals surface area contributed by atoms with Crippen molar-refractivity contribution in [3.63, 3.8) is 0 Å². The van der Waals surface area contributed by atoms with Crippen LogP contribution in [0.4, 0.5) is 13.2 Å². The topological polar surface area (TPSA) is 76.3 Å². The van der Waals surface area contributed by atoms with Gasteiger partial charge in [-0.2, -0.15) is 13.2 Å². The summed E-state index contributed by atoms with van der Waals surface area (Å²) in [6.45, 7) is 2.10. The number of fused-ring (bicyclic) bond motifs is 1. The third-order valence-corrected chi connectivity index (χ3v) is 5.61. The van der Waals surface area contributed by atoms with Gasteiger partial charge < -0.3 is 15.4 Å². The van der Waals surface area contributed by atoms with E-state index in [1.165, 1.54) is 12.1 Å². The number of alkyl halides is 3. The number of nitrogens with zero attached hydrogens (tertiary/aromatic N) is 3. The zero-order valence-corrected chi connectivity index (χ0v) is 17.3. The standard InChI is InChI=1S/C19H19F3N4S.ClH.H2O/c1-26-8-6-13(7-9-26)18-23-11-17-16(25-18)10-15(24-17)12-2-4-14(5-3-12)27-19(20,21)22;;/h2-5,10-11,13,24H,6-9H2,1H3;1H;1H2. The highest BCUT2D eigenvalue weighted by atomic mass is 35.5. The highest BCUT2D eigenvalue weighted by Gasteiger charge is 2.29. The molecule has 0 atom stereocenters. The van der Waals surface area contributed by atoms with Gasteiger partial charge in [0.25, 0.3) is 0 Å². The van der Waals surface area contributed by atoms with Crippen LogP contribution < -0.4 is 0 Å². The SMILES string of the molecule is CN1CCC(c2ncc3[nH]c(-c4ccc(SC(F)(F)F)cc4)cc3n2)CC1.Cl.O. The smallest absolute Gasteiger partial charge is 0.412 e. The van der Waals surface area contributed by atoms with Crippen molar-refractivity contribution in [1.82, 2.24) is 19.9 Å². The number of nitrogens with one attached hydrogen (secondary N) is 1. The monoisotopic (exact) mass is 446 g/mol. The maximum absolute atomic E-state index is 12.5. The number of thioether (sulfide) groups is 1. The summed E-state index contributed by atoms with van der Waals surface area (Å²) in [5.41, 5.74) is -0.968. The van der Waals surface area contributed by atoms with Crippen molar-refractivity contribution in [2.45, 2.75) is 29.2 Å². The minimum absolute atomic E-state index is 0. The predicted octanol–water partition coefficient (Wildman–Crippen LogP) is 4.64. The number of halogens is 4. The van der Waals surface area contributed by atoms with Crippen LogP contribution in [0.2, 0.25) is 0 Å². The molecule has 1 aliphatic heterocycles. The molecule has 1 aromatic carbocycles. The van der Waals surface area contributed by atoms with Gasteiger partial charge in [-0.3, -0.25) is 0 Å². The van der Waals surface area contributed by atoms with E-state index < -0.39 is 5.51 Å². The Kier molecular flexibility index (Phi) is 7.56. The lowest BCUT2D eigenvalue weighted by Crippen LogP contribution is -2.29. The van der Waals surface area contributed by atoms with Crippen molar-refractivity contribution in [1.29, 1.82) is 0 Å². The molecule has 3 N–H and O–H groups in total. The van der Waals surface area contributed by atoms with Crippen LogP contribution in [0.3, 0.4) is 0 Å². The van der Waals surface area contributed by atoms with Crippen LogP contribution in [0, 0.1) is 0 Å². The Hall–Kier alpha value is -1.81. The van der Waals surface area contributed by atoms with Crippen molar-refractivity contribution in [3.05, 3.63) is 42.4 Å². The third-order valence-electron chi connectivity index (χ3n) is 4.87. The van der Waals surface area contributed by atoms with E-state index in [0.717, 1.165) is 54.0 Å². The number of hydrogen-bond donors (Lipinski definition) is 1. The van der Waals surface area contributed by atoms with E-state index in [9.17, 15) is 13.2 Å². The molecule has 1 saturated heterocycles. The first-order valence-corrected chi connectivity index (χ1v) is 9.59. The van der Waals surface area contributed by atoms with Gasteiger partial charge in [0.05, 0.1) is 17.2 Å². The highest BCUT2D eigenvalue weighted by molar-refractivity contribution is 8.00. The fourth-order valence-electron chi connectivity index (χ4n) is 3.39. The van der Waals surface area contributed by atoms with Crippen molar-refractivity contribution < 1.29 is 18.6 Å². The molecule has 29 heavy (non-hydrogen) atoms. The van der Waals surface area contributed by atoms with Gasteiger partial charge in [0.1, 0.15) is 5.82 Å². The van der Waals surface area contributed by atoms with Crippen molar-refractivity contribution in [2.24, 2.45) is 0 Å². The van der Waals surface area contributed by atoms with E-state index in [0.29, 0.717) is 5.92 Å². The van der Waals surface area contributed by atoms with E-state index in [4.69, 9.17) is 4.98 Å². The minimum atomic E-state index is -4.28. The van der Waals surface area contributed by atoms with E-state index in [2.05, 4.69) is 21.9 Å². The molecule has 0 spiro atoms. The van der Waals surface area contributed by atoms with Crippen LogP contribution in [0.25, 0.3) is 22.3 Å². The Morgan fingerprint density at radius 3 is 2.41 bits per heavy atom. The van der Waals surface area contributed by atoms with Crippen molar-refractivity contribution in [2.75, 3.05) is 20.1 Å². The van der Waals surface area contributed by atoms with E-state index >= 15 is 0 Å². The summed E-state index contributed by atoms with van der Waals surface area (Å²) in [6.07, 6.45) is 3.91. The molecule has 5 nitrogen and oxygen atoms in total. The zero-order valence-electron chi connectivity index (χ0n) is 15.7. The van der Waals surface area contributed by atoms with Crippen molar-refractivity contribution in [3.8, 4) is 11.3 Å². The Bertz CT molecular complexity index is 941. The summed E-state index contributed by atoms with van der Waals surface area (Å²) in [4.78, 5) is 15.0. The summed E-state index contributed by atoms with van der Waals surface area (Å²) in [5.74, 6) is 1.25. The highest BCUT2D eigenvalue weighted by Crippen LogP contribution is 2.37. The summed E-state index contributed by atoms with van der Waals surface area (Å²) in [5, 5.41) is 0. The van der Waals surface area contributed by atoms with Crippen LogP contribution in [-0.4, -0.2) is 51.0 Å². The molecular weight excluding hydrogens is 425 g/mol. The number of hydrogen-bond acceptors (Lipinski definition) is 4. The van der Waals surface area contributed by atoms with Crippen LogP contribution in [0.5, 0.6) is 0 Å². The first-order chi connectivity index (χ1) is 12.9. The van der Waals surface area contributed by atoms with Crippen LogP contribution >= 0.6 is 24.2 Å². The number of likely N-dealkylation sites (tertiary alicyclic amines) is 1. The minimum Gasteiger partial charge on any atom is -0.412 e. The van der Waals surface area contributed by atoms with Gasteiger partial charge in [-0.15, -0.1) is 12.4 Å². The maximum atomic E-state index is 12.5. The molecule has 1 fully saturated rings. The van der Waals surface area contributed by atoms with Crippen LogP contribution in [0.1, 0.15) is 24.6 Å². The fourth-order valence-corrected chi connectivity index (χ4v) is 3.93. The van der Waals surface area contributed by atoms with Gasteiger partial charge in [-0.1, -0.05) is 12.1 Å². The van der Waals surface area contributed by atoms with E-state index in [-0.39, 0.29) is 34.5 Å². The van der Waals surface area contributed by atoms with Gasteiger partial charge >= 0.3 is 5.51 Å². The van der Waals surface area contributed by atoms with Crippen LogP contribution in [-0.2, 0) is 0 Å². The second-order valence-electron chi connectivity index (χ2n) is 6.86. The second kappa shape index (κ2) is 9.34. The Morgan fingerprint density at radius 2 is 1.79 bits per heavy atom. The lowest BCUT2D eigenvalue weighted by molar-refractivity contribution is -0.0328. The van der Waals surface area contributed by atoms with Crippen molar-refractivity contribution >= 4 is 35.2 Å². The van der Waals surface area contributed by atoms with Gasteiger partial charge in [0, 0.05) is 16.5 Å². The fraction of sp³-hybridized carbons (Fsp3) is 0.368. The number of rotatable bonds is 3. The maximum Gasteiger partial charge on any atom is 0.446 e. The molecule has 10 heteroatoms. The van der Waals surface area contributed by atoms with Gasteiger partial charge in [-0.05, 0) is 68.5 Å². The first kappa shape index (κ1) is 23.5. The average Bonchev–Trinajstić information content (AvgIpc) is 3.05. The van der Waals surface area contributed by atoms with E-state index in [1.54, 1.807) is 18.3 Å². The molecule has 4 rings (SSSR count). The molecule has 1 aliphatic rings. The predicted molar refractivity (Wildman–Crippen MR) is 112 cm³/mol. The Morgan fingerprint density at radius 1 is 1.14 bits per heavy atom. The molecule has 0 unspecified atom stereocenters. The van der Waals surface area contributed by atoms with Gasteiger partial charge in [-0.25, -0.2) is 9.97 Å². The summed E-state index contributed by atoms with van der Waals surface area (Å²) < 4.78 is 37.4. The largest absolute Gasteiger partial charge is 0.446 e. The quantitative estimate of drug-likeness (QED) is 0.594. The summed E-state index contributed by atoms with van der Waals surface area (Å²) in [7, 11) is 2.12. The van der Waals surface area contributed by atoms with E-state index in [1.807, 2.05) is 6.07 Å². The van der Waals surface area contributed by atoms with Crippen LogP contribution in [0.15, 0.2) is 41.4 Å². The molecule has 0 bridgehead atoms. The van der Waals surface area contributed by atoms with Gasteiger partial charge in [0.15, 0.2) is 0 Å². The summed E-state index contributed by atoms with van der Waals surface area (Å²) in [6, 6.07) is 8.26. The molecule has 0 radical (unpaired) electrons. The molecule has 3 heterocycles. The molecular formula is C19H22ClF3N4OS. The average molecular weight is 447 g/mol. The zero-order chi connectivity index (χ0) is 19.0. The summed E-state index contributed by atoms with van der Waals surface area (Å²) >= 11 is -0.108. The lowest BCUT2D eigenvalue weighted by atomic mass is 9.96. The number of H-pyrrole nitrogens is 1. The molecule has 0 saturated carbocycles. The van der Waals surface area contributed by atoms with Gasteiger partial charge in [0.2, 0.25) is 0 Å². The normalized spacial score (nSPS) is 15.7. The number of aromatic nitrogens is 3.